The van der Waals surface area contributed by atoms with Crippen LogP contribution in [-0.2, 0) is 19.1 Å². The maximum atomic E-state index is 12.9. The maximum Gasteiger partial charge on any atom is 0.303 e. The second-order valence-corrected chi connectivity index (χ2v) is 10.2. The lowest BCUT2D eigenvalue weighted by atomic mass is 9.45. The van der Waals surface area contributed by atoms with Crippen molar-refractivity contribution in [1.82, 2.24) is 0 Å². The molecule has 0 saturated heterocycles. The van der Waals surface area contributed by atoms with Gasteiger partial charge < -0.3 is 14.9 Å². The molecule has 7 atom stereocenters. The van der Waals surface area contributed by atoms with E-state index in [0.717, 1.165) is 31.3 Å². The molecule has 0 unspecified atom stereocenters. The molecule has 160 valence electrons. The van der Waals surface area contributed by atoms with Crippen LogP contribution in [0.4, 0.5) is 0 Å². The van der Waals surface area contributed by atoms with Gasteiger partial charge in [-0.1, -0.05) is 19.4 Å². The largest absolute Gasteiger partial charge is 0.458 e. The summed E-state index contributed by atoms with van der Waals surface area (Å²) in [5.41, 5.74) is -1.36. The summed E-state index contributed by atoms with van der Waals surface area (Å²) in [6, 6.07) is 0. The number of esters is 1. The van der Waals surface area contributed by atoms with E-state index in [9.17, 15) is 24.6 Å². The second kappa shape index (κ2) is 6.74. The highest BCUT2D eigenvalue weighted by atomic mass is 16.5. The van der Waals surface area contributed by atoms with Crippen molar-refractivity contribution < 1.29 is 29.3 Å². The SMILES string of the molecule is CC(=O)OCC(=O)[C@@]1(O)CC[C@H]2[C@@H]3CCC4=CC(=O)CC[C@]4(C)[C@H]3[C@H](O)C[C@@]21C. The molecule has 2 N–H and O–H groups in total. The molecule has 0 radical (unpaired) electrons. The Morgan fingerprint density at radius 2 is 1.93 bits per heavy atom. The first-order chi connectivity index (χ1) is 13.5. The Labute approximate surface area is 171 Å². The lowest BCUT2D eigenvalue weighted by Gasteiger charge is -2.60. The van der Waals surface area contributed by atoms with Crippen molar-refractivity contribution in [2.75, 3.05) is 6.61 Å². The van der Waals surface area contributed by atoms with E-state index >= 15 is 0 Å². The molecule has 0 amide bonds. The molecule has 0 aromatic rings. The summed E-state index contributed by atoms with van der Waals surface area (Å²) in [6.45, 7) is 4.92. The molecular formula is C23H32O6. The molecule has 0 bridgehead atoms. The van der Waals surface area contributed by atoms with Gasteiger partial charge in [-0.3, -0.25) is 14.4 Å². The van der Waals surface area contributed by atoms with Crippen LogP contribution < -0.4 is 0 Å². The van der Waals surface area contributed by atoms with Crippen molar-refractivity contribution in [2.45, 2.75) is 77.4 Å². The van der Waals surface area contributed by atoms with E-state index in [1.165, 1.54) is 6.92 Å². The highest BCUT2D eigenvalue weighted by Crippen LogP contribution is 2.67. The number of carbonyl (C=O) groups excluding carboxylic acids is 3. The van der Waals surface area contributed by atoms with Gasteiger partial charge in [0.1, 0.15) is 5.60 Å². The maximum absolute atomic E-state index is 12.9. The summed E-state index contributed by atoms with van der Waals surface area (Å²) in [4.78, 5) is 36.0. The molecule has 0 aliphatic heterocycles. The van der Waals surface area contributed by atoms with E-state index in [1.807, 2.05) is 6.92 Å². The lowest BCUT2D eigenvalue weighted by Crippen LogP contribution is -2.62. The van der Waals surface area contributed by atoms with Crippen LogP contribution in [0.5, 0.6) is 0 Å². The summed E-state index contributed by atoms with van der Waals surface area (Å²) in [6.07, 6.45) is 5.54. The monoisotopic (exact) mass is 404 g/mol. The number of allylic oxidation sites excluding steroid dienone is 1. The molecule has 6 nitrogen and oxygen atoms in total. The lowest BCUT2D eigenvalue weighted by molar-refractivity contribution is -0.184. The Bertz CT molecular complexity index is 786. The van der Waals surface area contributed by atoms with E-state index in [-0.39, 0.29) is 29.0 Å². The van der Waals surface area contributed by atoms with Crippen molar-refractivity contribution in [2.24, 2.45) is 28.6 Å². The predicted octanol–water partition coefficient (Wildman–Crippen LogP) is 2.35. The van der Waals surface area contributed by atoms with E-state index < -0.39 is 35.5 Å². The highest BCUT2D eigenvalue weighted by Gasteiger charge is 2.68. The number of aliphatic hydroxyl groups excluding tert-OH is 1. The van der Waals surface area contributed by atoms with Gasteiger partial charge in [0.05, 0.1) is 6.10 Å². The molecule has 0 heterocycles. The van der Waals surface area contributed by atoms with Crippen LogP contribution in [0.1, 0.15) is 65.7 Å². The Kier molecular flexibility index (Phi) is 4.82. The summed E-state index contributed by atoms with van der Waals surface area (Å²) in [5, 5.41) is 22.8. The number of rotatable bonds is 3. The number of aliphatic hydroxyl groups is 2. The van der Waals surface area contributed by atoms with Crippen molar-refractivity contribution in [3.05, 3.63) is 11.6 Å². The molecule has 4 aliphatic rings. The zero-order chi connectivity index (χ0) is 21.2. The summed E-state index contributed by atoms with van der Waals surface area (Å²) < 4.78 is 4.89. The highest BCUT2D eigenvalue weighted by molar-refractivity contribution is 5.92. The average Bonchev–Trinajstić information content (AvgIpc) is 2.91. The third-order valence-corrected chi connectivity index (χ3v) is 8.92. The Balaban J connectivity index is 1.65. The first kappa shape index (κ1) is 20.7. The third-order valence-electron chi connectivity index (χ3n) is 8.92. The van der Waals surface area contributed by atoms with E-state index in [2.05, 4.69) is 6.92 Å². The number of ketones is 2. The van der Waals surface area contributed by atoms with Crippen LogP contribution in [0, 0.1) is 28.6 Å². The number of Topliss-reactive ketones (excluding diaryl/α,β-unsaturated/α-hetero) is 1. The Morgan fingerprint density at radius 1 is 1.21 bits per heavy atom. The van der Waals surface area contributed by atoms with Gasteiger partial charge >= 0.3 is 5.97 Å². The molecule has 0 aromatic carbocycles. The van der Waals surface area contributed by atoms with Crippen LogP contribution in [0.3, 0.4) is 0 Å². The van der Waals surface area contributed by atoms with Gasteiger partial charge in [0.2, 0.25) is 5.78 Å². The number of ether oxygens (including phenoxy) is 1. The fourth-order valence-electron chi connectivity index (χ4n) is 7.44. The van der Waals surface area contributed by atoms with E-state index in [1.54, 1.807) is 6.08 Å². The van der Waals surface area contributed by atoms with Crippen LogP contribution in [0.25, 0.3) is 0 Å². The summed E-state index contributed by atoms with van der Waals surface area (Å²) in [5.74, 6) is -0.462. The molecule has 0 spiro atoms. The molecule has 29 heavy (non-hydrogen) atoms. The number of hydrogen-bond acceptors (Lipinski definition) is 6. The topological polar surface area (TPSA) is 101 Å². The molecule has 4 aliphatic carbocycles. The number of carbonyl (C=O) groups is 3. The second-order valence-electron chi connectivity index (χ2n) is 10.2. The van der Waals surface area contributed by atoms with Gasteiger partial charge in [0.15, 0.2) is 12.4 Å². The van der Waals surface area contributed by atoms with Crippen molar-refractivity contribution in [3.8, 4) is 0 Å². The predicted molar refractivity (Wildman–Crippen MR) is 105 cm³/mol. The van der Waals surface area contributed by atoms with E-state index in [4.69, 9.17) is 4.74 Å². The molecule has 0 aromatic heterocycles. The van der Waals surface area contributed by atoms with Crippen LogP contribution in [-0.4, -0.2) is 46.1 Å². The van der Waals surface area contributed by atoms with Gasteiger partial charge in [0, 0.05) is 18.8 Å². The van der Waals surface area contributed by atoms with Gasteiger partial charge in [0.25, 0.3) is 0 Å². The van der Waals surface area contributed by atoms with Crippen LogP contribution in [0.2, 0.25) is 0 Å². The number of hydrogen-bond donors (Lipinski definition) is 2. The Morgan fingerprint density at radius 3 is 2.62 bits per heavy atom. The average molecular weight is 405 g/mol. The molecule has 6 heteroatoms. The molecule has 3 saturated carbocycles. The Hall–Kier alpha value is -1.53. The van der Waals surface area contributed by atoms with Crippen LogP contribution in [0.15, 0.2) is 11.6 Å². The smallest absolute Gasteiger partial charge is 0.303 e. The van der Waals surface area contributed by atoms with Crippen molar-refractivity contribution in [1.29, 1.82) is 0 Å². The quantitative estimate of drug-likeness (QED) is 0.701. The molecule has 3 fully saturated rings. The van der Waals surface area contributed by atoms with Crippen molar-refractivity contribution >= 4 is 17.5 Å². The first-order valence-electron chi connectivity index (χ1n) is 10.8. The molecule has 4 rings (SSSR count). The summed E-state index contributed by atoms with van der Waals surface area (Å²) in [7, 11) is 0. The van der Waals surface area contributed by atoms with Gasteiger partial charge in [-0.15, -0.1) is 0 Å². The zero-order valence-electron chi connectivity index (χ0n) is 17.6. The summed E-state index contributed by atoms with van der Waals surface area (Å²) >= 11 is 0. The fraction of sp³-hybridized carbons (Fsp3) is 0.783. The third kappa shape index (κ3) is 2.86. The zero-order valence-corrected chi connectivity index (χ0v) is 17.6. The van der Waals surface area contributed by atoms with Gasteiger partial charge in [-0.2, -0.15) is 0 Å². The first-order valence-corrected chi connectivity index (χ1v) is 10.8. The minimum atomic E-state index is -1.58. The molecular weight excluding hydrogens is 372 g/mol. The van der Waals surface area contributed by atoms with Crippen LogP contribution >= 0.6 is 0 Å². The standard InChI is InChI=1S/C23H32O6/c1-13(24)29-12-19(27)23(28)9-7-17-16-5-4-14-10-15(25)6-8-21(14,2)20(16)18(26)11-22(17,23)3/h10,16-18,20,26,28H,4-9,11-12H2,1-3H3/t16-,17-,18+,20+,21-,22-,23-/m0/s1. The van der Waals surface area contributed by atoms with Gasteiger partial charge in [-0.25, -0.2) is 0 Å². The number of fused-ring (bicyclic) bond motifs is 5. The van der Waals surface area contributed by atoms with Gasteiger partial charge in [-0.05, 0) is 67.8 Å². The fourth-order valence-corrected chi connectivity index (χ4v) is 7.44. The van der Waals surface area contributed by atoms with E-state index in [0.29, 0.717) is 19.3 Å². The van der Waals surface area contributed by atoms with Crippen molar-refractivity contribution in [3.63, 3.8) is 0 Å². The minimum absolute atomic E-state index is 0.0413. The normalized spacial score (nSPS) is 46.2. The minimum Gasteiger partial charge on any atom is -0.458 e.